The first kappa shape index (κ1) is 15.5. The quantitative estimate of drug-likeness (QED) is 0.762. The maximum absolute atomic E-state index is 13.4. The number of rotatable bonds is 5. The number of methoxy groups -OCH3 is 2. The largest absolute Gasteiger partial charge is 0.496 e. The van der Waals surface area contributed by atoms with Gasteiger partial charge in [0.1, 0.15) is 5.75 Å². The second-order valence-electron chi connectivity index (χ2n) is 4.41. The Labute approximate surface area is 130 Å². The second kappa shape index (κ2) is 6.72. The standard InChI is InChI=1S/C16H14BrFO3/c1-20-15-6-4-12(17)7-11(15)8-14(19)10-3-5-13(18)16(9-10)21-2/h3-7,9H,8H2,1-2H3. The van der Waals surface area contributed by atoms with Gasteiger partial charge in [0.15, 0.2) is 17.3 Å². The number of ketones is 1. The Hall–Kier alpha value is -1.88. The predicted molar refractivity (Wildman–Crippen MR) is 81.7 cm³/mol. The smallest absolute Gasteiger partial charge is 0.167 e. The van der Waals surface area contributed by atoms with Gasteiger partial charge in [-0.25, -0.2) is 4.39 Å². The van der Waals surface area contributed by atoms with E-state index in [0.717, 1.165) is 10.0 Å². The molecule has 3 nitrogen and oxygen atoms in total. The van der Waals surface area contributed by atoms with E-state index in [9.17, 15) is 9.18 Å². The summed E-state index contributed by atoms with van der Waals surface area (Å²) in [6.45, 7) is 0. The third-order valence-corrected chi connectivity index (χ3v) is 3.56. The summed E-state index contributed by atoms with van der Waals surface area (Å²) in [6, 6.07) is 9.54. The summed E-state index contributed by atoms with van der Waals surface area (Å²) in [7, 11) is 2.92. The van der Waals surface area contributed by atoms with E-state index in [1.54, 1.807) is 13.2 Å². The van der Waals surface area contributed by atoms with Crippen LogP contribution >= 0.6 is 15.9 Å². The van der Waals surface area contributed by atoms with Crippen molar-refractivity contribution in [2.75, 3.05) is 14.2 Å². The molecule has 2 aromatic rings. The maximum atomic E-state index is 13.4. The molecule has 2 rings (SSSR count). The molecule has 0 fully saturated rings. The summed E-state index contributed by atoms with van der Waals surface area (Å²) in [4.78, 5) is 12.3. The van der Waals surface area contributed by atoms with Crippen molar-refractivity contribution in [1.82, 2.24) is 0 Å². The van der Waals surface area contributed by atoms with E-state index in [4.69, 9.17) is 9.47 Å². The summed E-state index contributed by atoms with van der Waals surface area (Å²) in [5.74, 6) is 0.0708. The van der Waals surface area contributed by atoms with Gasteiger partial charge in [0, 0.05) is 22.0 Å². The lowest BCUT2D eigenvalue weighted by atomic mass is 10.0. The van der Waals surface area contributed by atoms with E-state index in [2.05, 4.69) is 15.9 Å². The third kappa shape index (κ3) is 3.61. The lowest BCUT2D eigenvalue weighted by Gasteiger charge is -2.09. The van der Waals surface area contributed by atoms with Crippen LogP contribution in [0.25, 0.3) is 0 Å². The number of carbonyl (C=O) groups excluding carboxylic acids is 1. The normalized spacial score (nSPS) is 10.3. The molecule has 0 spiro atoms. The lowest BCUT2D eigenvalue weighted by Crippen LogP contribution is -2.06. The van der Waals surface area contributed by atoms with Crippen molar-refractivity contribution < 1.29 is 18.7 Å². The molecule has 0 saturated heterocycles. The van der Waals surface area contributed by atoms with Gasteiger partial charge in [-0.05, 0) is 36.4 Å². The number of carbonyl (C=O) groups is 1. The van der Waals surface area contributed by atoms with Gasteiger partial charge in [-0.3, -0.25) is 4.79 Å². The average Bonchev–Trinajstić information content (AvgIpc) is 2.48. The second-order valence-corrected chi connectivity index (χ2v) is 5.32. The first-order chi connectivity index (χ1) is 10.0. The molecule has 0 amide bonds. The Kier molecular flexibility index (Phi) is 4.96. The van der Waals surface area contributed by atoms with Crippen LogP contribution in [0, 0.1) is 5.82 Å². The molecule has 0 aliphatic rings. The number of halogens is 2. The summed E-state index contributed by atoms with van der Waals surface area (Å²) < 4.78 is 24.4. The number of benzene rings is 2. The predicted octanol–water partition coefficient (Wildman–Crippen LogP) is 4.03. The van der Waals surface area contributed by atoms with Gasteiger partial charge in [0.05, 0.1) is 14.2 Å². The first-order valence-corrected chi connectivity index (χ1v) is 7.03. The topological polar surface area (TPSA) is 35.5 Å². The monoisotopic (exact) mass is 352 g/mol. The molecule has 0 N–H and O–H groups in total. The van der Waals surface area contributed by atoms with Crippen molar-refractivity contribution in [3.8, 4) is 11.5 Å². The molecule has 0 atom stereocenters. The van der Waals surface area contributed by atoms with Gasteiger partial charge in [-0.15, -0.1) is 0 Å². The zero-order valence-corrected chi connectivity index (χ0v) is 13.2. The van der Waals surface area contributed by atoms with Crippen molar-refractivity contribution in [2.24, 2.45) is 0 Å². The van der Waals surface area contributed by atoms with Crippen LogP contribution in [0.2, 0.25) is 0 Å². The van der Waals surface area contributed by atoms with Crippen LogP contribution in [0.1, 0.15) is 15.9 Å². The van der Waals surface area contributed by atoms with Crippen LogP contribution in [0.15, 0.2) is 40.9 Å². The Balaban J connectivity index is 2.28. The molecular weight excluding hydrogens is 339 g/mol. The van der Waals surface area contributed by atoms with E-state index >= 15 is 0 Å². The van der Waals surface area contributed by atoms with Crippen molar-refractivity contribution in [2.45, 2.75) is 6.42 Å². The number of ether oxygens (including phenoxy) is 2. The Morgan fingerprint density at radius 3 is 2.48 bits per heavy atom. The highest BCUT2D eigenvalue weighted by atomic mass is 79.9. The minimum absolute atomic E-state index is 0.0575. The van der Waals surface area contributed by atoms with Crippen molar-refractivity contribution in [3.05, 3.63) is 57.8 Å². The molecule has 0 heterocycles. The zero-order valence-electron chi connectivity index (χ0n) is 11.7. The molecule has 0 saturated carbocycles. The molecule has 21 heavy (non-hydrogen) atoms. The Morgan fingerprint density at radius 2 is 1.81 bits per heavy atom. The number of hydrogen-bond donors (Lipinski definition) is 0. The van der Waals surface area contributed by atoms with E-state index in [1.165, 1.54) is 25.3 Å². The minimum Gasteiger partial charge on any atom is -0.496 e. The summed E-state index contributed by atoms with van der Waals surface area (Å²) in [5.41, 5.74) is 1.16. The molecule has 0 unspecified atom stereocenters. The fourth-order valence-corrected chi connectivity index (χ4v) is 2.40. The summed E-state index contributed by atoms with van der Waals surface area (Å²) in [5, 5.41) is 0. The van der Waals surface area contributed by atoms with E-state index in [-0.39, 0.29) is 18.0 Å². The highest BCUT2D eigenvalue weighted by molar-refractivity contribution is 9.10. The molecule has 5 heteroatoms. The van der Waals surface area contributed by atoms with E-state index < -0.39 is 5.82 Å². The van der Waals surface area contributed by atoms with Crippen molar-refractivity contribution in [1.29, 1.82) is 0 Å². The SMILES string of the molecule is COc1cc(C(=O)Cc2cc(Br)ccc2OC)ccc1F. The average molecular weight is 353 g/mol. The fourth-order valence-electron chi connectivity index (χ4n) is 1.99. The van der Waals surface area contributed by atoms with Crippen molar-refractivity contribution in [3.63, 3.8) is 0 Å². The Bertz CT molecular complexity index is 671. The lowest BCUT2D eigenvalue weighted by molar-refractivity contribution is 0.0991. The molecule has 0 aromatic heterocycles. The first-order valence-electron chi connectivity index (χ1n) is 6.24. The van der Waals surface area contributed by atoms with Gasteiger partial charge in [-0.1, -0.05) is 15.9 Å². The van der Waals surface area contributed by atoms with E-state index in [1.807, 2.05) is 12.1 Å². The number of hydrogen-bond acceptors (Lipinski definition) is 3. The molecule has 0 aliphatic carbocycles. The van der Waals surface area contributed by atoms with Crippen molar-refractivity contribution >= 4 is 21.7 Å². The van der Waals surface area contributed by atoms with Gasteiger partial charge < -0.3 is 9.47 Å². The van der Waals surface area contributed by atoms with Crippen LogP contribution < -0.4 is 9.47 Å². The fraction of sp³-hybridized carbons (Fsp3) is 0.188. The summed E-state index contributed by atoms with van der Waals surface area (Å²) in [6.07, 6.45) is 0.164. The minimum atomic E-state index is -0.492. The van der Waals surface area contributed by atoms with Crippen LogP contribution in [0.5, 0.6) is 11.5 Å². The highest BCUT2D eigenvalue weighted by Crippen LogP contribution is 2.25. The summed E-state index contributed by atoms with van der Waals surface area (Å²) >= 11 is 3.37. The van der Waals surface area contributed by atoms with E-state index in [0.29, 0.717) is 11.3 Å². The third-order valence-electron chi connectivity index (χ3n) is 3.07. The van der Waals surface area contributed by atoms with Crippen LogP contribution in [0.3, 0.4) is 0 Å². The molecule has 0 aliphatic heterocycles. The van der Waals surface area contributed by atoms with Gasteiger partial charge in [-0.2, -0.15) is 0 Å². The molecule has 0 bridgehead atoms. The highest BCUT2D eigenvalue weighted by Gasteiger charge is 2.14. The number of Topliss-reactive ketones (excluding diaryl/α,β-unsaturated/α-hetero) is 1. The van der Waals surface area contributed by atoms with Gasteiger partial charge in [0.25, 0.3) is 0 Å². The Morgan fingerprint density at radius 1 is 1.10 bits per heavy atom. The molecular formula is C16H14BrFO3. The van der Waals surface area contributed by atoms with Crippen LogP contribution in [0.4, 0.5) is 4.39 Å². The molecule has 0 radical (unpaired) electrons. The zero-order chi connectivity index (χ0) is 15.4. The van der Waals surface area contributed by atoms with Crippen LogP contribution in [-0.2, 0) is 6.42 Å². The molecule has 2 aromatic carbocycles. The molecule has 110 valence electrons. The van der Waals surface area contributed by atoms with Gasteiger partial charge in [0.2, 0.25) is 0 Å². The van der Waals surface area contributed by atoms with Crippen LogP contribution in [-0.4, -0.2) is 20.0 Å². The van der Waals surface area contributed by atoms with Gasteiger partial charge >= 0.3 is 0 Å². The maximum Gasteiger partial charge on any atom is 0.167 e.